The number of nitrogens with one attached hydrogen (secondary N) is 2. The van der Waals surface area contributed by atoms with Crippen molar-refractivity contribution < 1.29 is 26.0 Å². The molecule has 1 unspecified atom stereocenters. The Bertz CT molecular complexity index is 1550. The van der Waals surface area contributed by atoms with Crippen molar-refractivity contribution in [3.05, 3.63) is 64.4 Å². The third-order valence-electron chi connectivity index (χ3n) is 9.25. The molecule has 0 aliphatic carbocycles. The average Bonchev–Trinajstić information content (AvgIpc) is 3.08. The molecule has 3 saturated heterocycles. The summed E-state index contributed by atoms with van der Waals surface area (Å²) in [5, 5.41) is 6.79. The van der Waals surface area contributed by atoms with E-state index in [1.165, 1.54) is 16.4 Å². The lowest BCUT2D eigenvalue weighted by molar-refractivity contribution is -0.119. The molecule has 3 aliphatic rings. The zero-order valence-corrected chi connectivity index (χ0v) is 26.5. The van der Waals surface area contributed by atoms with Crippen LogP contribution in [-0.4, -0.2) is 87.7 Å². The van der Waals surface area contributed by atoms with Crippen LogP contribution in [0.2, 0.25) is 5.02 Å². The Labute approximate surface area is 258 Å². The van der Waals surface area contributed by atoms with E-state index >= 15 is 4.39 Å². The van der Waals surface area contributed by atoms with E-state index in [1.54, 1.807) is 34.6 Å². The number of hydrogen-bond acceptors (Lipinski definition) is 7. The number of rotatable bonds is 8. The van der Waals surface area contributed by atoms with Gasteiger partial charge in [0.05, 0.1) is 18.1 Å². The maximum Gasteiger partial charge on any atom is 0.242 e. The molecule has 3 heterocycles. The van der Waals surface area contributed by atoms with Gasteiger partial charge in [0, 0.05) is 60.0 Å². The summed E-state index contributed by atoms with van der Waals surface area (Å²) in [6.45, 7) is 1.29. The predicted octanol–water partition coefficient (Wildman–Crippen LogP) is 2.44. The molecule has 4 atom stereocenters. The number of carbonyl (C=O) groups excluding carboxylic acids is 1. The van der Waals surface area contributed by atoms with E-state index in [9.17, 15) is 21.6 Å². The first-order chi connectivity index (χ1) is 20.3. The highest BCUT2D eigenvalue weighted by atomic mass is 35.5. The van der Waals surface area contributed by atoms with Gasteiger partial charge in [0.1, 0.15) is 5.82 Å². The molecule has 3 aliphatic heterocycles. The number of nitrogens with two attached hydrogens (primary N) is 1. The van der Waals surface area contributed by atoms with Crippen LogP contribution < -0.4 is 16.4 Å². The highest BCUT2D eigenvalue weighted by Crippen LogP contribution is 2.40. The Morgan fingerprint density at radius 3 is 2.58 bits per heavy atom. The number of sulfonamides is 2. The van der Waals surface area contributed by atoms with Crippen LogP contribution in [0, 0.1) is 5.82 Å². The Hall–Kier alpha value is -2.13. The van der Waals surface area contributed by atoms with Crippen molar-refractivity contribution in [2.75, 3.05) is 43.5 Å². The molecule has 3 fully saturated rings. The molecule has 2 aromatic carbocycles. The van der Waals surface area contributed by atoms with Gasteiger partial charge < -0.3 is 16.4 Å². The van der Waals surface area contributed by atoms with Crippen LogP contribution in [0.5, 0.6) is 0 Å². The SMILES string of the molecule is CS(=O)(=O)N1CCC(c2ccc(Cl)cc2)([C@H](N)C(=O)Nc2cccc(F)c2CC[C@H]2CN[C@@H]3CCCS(=O)(=O)N2C3)CC1. The zero-order valence-electron chi connectivity index (χ0n) is 24.1. The monoisotopic (exact) mass is 655 g/mol. The van der Waals surface area contributed by atoms with Crippen molar-refractivity contribution in [3.63, 3.8) is 0 Å². The largest absolute Gasteiger partial charge is 0.324 e. The van der Waals surface area contributed by atoms with Gasteiger partial charge in [-0.15, -0.1) is 0 Å². The number of piperazine rings is 1. The molecule has 0 aromatic heterocycles. The number of halogens is 2. The molecule has 2 aromatic rings. The van der Waals surface area contributed by atoms with Gasteiger partial charge in [-0.25, -0.2) is 25.5 Å². The molecule has 4 N–H and O–H groups in total. The highest BCUT2D eigenvalue weighted by molar-refractivity contribution is 7.89. The topological polar surface area (TPSA) is 142 Å². The van der Waals surface area contributed by atoms with Crippen LogP contribution in [-0.2, 0) is 36.7 Å². The fourth-order valence-corrected chi connectivity index (χ4v) is 9.50. The van der Waals surface area contributed by atoms with Gasteiger partial charge in [-0.3, -0.25) is 4.79 Å². The molecule has 0 spiro atoms. The van der Waals surface area contributed by atoms with Gasteiger partial charge in [0.15, 0.2) is 0 Å². The maximum absolute atomic E-state index is 15.2. The fourth-order valence-electron chi connectivity index (χ4n) is 6.72. The predicted molar refractivity (Wildman–Crippen MR) is 165 cm³/mol. The maximum atomic E-state index is 15.2. The quantitative estimate of drug-likeness (QED) is 0.397. The first kappa shape index (κ1) is 32.3. The molecule has 0 saturated carbocycles. The minimum atomic E-state index is -3.42. The van der Waals surface area contributed by atoms with Crippen molar-refractivity contribution in [1.82, 2.24) is 13.9 Å². The standard InChI is InChI=1S/C29H39ClFN5O5S2/c1-42(38,39)35-15-13-29(14-16-35,20-7-9-21(30)10-8-20)27(32)28(37)34-26-6-2-5-25(31)24(26)12-11-23-18-33-22-4-3-17-43(40,41)36(23)19-22/h2,5-10,22-23,27,33H,3-4,11-19,32H2,1H3,(H,34,37)/t22-,23+,27-/m1/s1. The summed E-state index contributed by atoms with van der Waals surface area (Å²) in [5.74, 6) is -0.912. The van der Waals surface area contributed by atoms with E-state index in [2.05, 4.69) is 10.6 Å². The number of nitrogens with zero attached hydrogens (tertiary/aromatic N) is 2. The second-order valence-corrected chi connectivity index (χ2v) is 16.3. The van der Waals surface area contributed by atoms with Crippen molar-refractivity contribution in [2.45, 2.75) is 62.1 Å². The van der Waals surface area contributed by atoms with E-state index in [1.807, 2.05) is 0 Å². The molecule has 0 radical (unpaired) electrons. The lowest BCUT2D eigenvalue weighted by Crippen LogP contribution is -2.58. The number of amides is 1. The van der Waals surface area contributed by atoms with Crippen LogP contribution in [0.25, 0.3) is 0 Å². The first-order valence-electron chi connectivity index (χ1n) is 14.6. The number of piperidine rings is 1. The first-order valence-corrected chi connectivity index (χ1v) is 18.4. The Morgan fingerprint density at radius 2 is 1.91 bits per heavy atom. The fraction of sp³-hybridized carbons (Fsp3) is 0.552. The van der Waals surface area contributed by atoms with Crippen molar-refractivity contribution in [1.29, 1.82) is 0 Å². The summed E-state index contributed by atoms with van der Waals surface area (Å²) >= 11 is 6.12. The van der Waals surface area contributed by atoms with E-state index < -0.39 is 43.2 Å². The molecule has 43 heavy (non-hydrogen) atoms. The van der Waals surface area contributed by atoms with Gasteiger partial charge in [0.2, 0.25) is 26.0 Å². The zero-order chi connectivity index (χ0) is 31.0. The van der Waals surface area contributed by atoms with Gasteiger partial charge in [-0.2, -0.15) is 4.31 Å². The molecular formula is C29H39ClFN5O5S2. The third-order valence-corrected chi connectivity index (χ3v) is 12.8. The molecular weight excluding hydrogens is 617 g/mol. The van der Waals surface area contributed by atoms with Gasteiger partial charge in [-0.1, -0.05) is 29.8 Å². The number of hydrogen-bond donors (Lipinski definition) is 3. The van der Waals surface area contributed by atoms with Crippen LogP contribution in [0.1, 0.15) is 43.2 Å². The summed E-state index contributed by atoms with van der Waals surface area (Å²) in [6.07, 6.45) is 3.78. The molecule has 10 nitrogen and oxygen atoms in total. The molecule has 1 amide bonds. The summed E-state index contributed by atoms with van der Waals surface area (Å²) in [4.78, 5) is 13.8. The van der Waals surface area contributed by atoms with E-state index in [0.29, 0.717) is 43.8 Å². The number of benzene rings is 2. The van der Waals surface area contributed by atoms with E-state index in [4.69, 9.17) is 17.3 Å². The average molecular weight is 656 g/mol. The summed E-state index contributed by atoms with van der Waals surface area (Å²) in [5.41, 5.74) is 7.14. The van der Waals surface area contributed by atoms with Crippen molar-refractivity contribution in [2.24, 2.45) is 5.73 Å². The highest BCUT2D eigenvalue weighted by Gasteiger charge is 2.46. The number of anilines is 1. The minimum Gasteiger partial charge on any atom is -0.324 e. The second-order valence-electron chi connectivity index (χ2n) is 11.9. The van der Waals surface area contributed by atoms with E-state index in [0.717, 1.165) is 18.2 Å². The van der Waals surface area contributed by atoms with Crippen LogP contribution in [0.15, 0.2) is 42.5 Å². The van der Waals surface area contributed by atoms with Crippen LogP contribution in [0.4, 0.5) is 10.1 Å². The molecule has 14 heteroatoms. The normalized spacial score (nSPS) is 26.3. The number of carbonyl (C=O) groups is 1. The molecule has 236 valence electrons. The van der Waals surface area contributed by atoms with Gasteiger partial charge in [0.25, 0.3) is 0 Å². The lowest BCUT2D eigenvalue weighted by atomic mass is 9.68. The van der Waals surface area contributed by atoms with E-state index in [-0.39, 0.29) is 48.6 Å². The smallest absolute Gasteiger partial charge is 0.242 e. The Balaban J connectivity index is 1.36. The van der Waals surface area contributed by atoms with Crippen LogP contribution >= 0.6 is 11.6 Å². The van der Waals surface area contributed by atoms with Crippen LogP contribution in [0.3, 0.4) is 0 Å². The Morgan fingerprint density at radius 1 is 1.21 bits per heavy atom. The molecule has 5 rings (SSSR count). The van der Waals surface area contributed by atoms with Gasteiger partial charge >= 0.3 is 0 Å². The summed E-state index contributed by atoms with van der Waals surface area (Å²) in [6, 6.07) is 10.2. The third kappa shape index (κ3) is 6.92. The summed E-state index contributed by atoms with van der Waals surface area (Å²) < 4.78 is 68.3. The summed E-state index contributed by atoms with van der Waals surface area (Å²) in [7, 11) is -6.81. The Kier molecular flexibility index (Phi) is 9.53. The second kappa shape index (κ2) is 12.7. The van der Waals surface area contributed by atoms with Crippen molar-refractivity contribution in [3.8, 4) is 0 Å². The number of fused-ring (bicyclic) bond motifs is 2. The molecule has 2 bridgehead atoms. The van der Waals surface area contributed by atoms with Gasteiger partial charge in [-0.05, 0) is 68.4 Å². The minimum absolute atomic E-state index is 0.109. The lowest BCUT2D eigenvalue weighted by Gasteiger charge is -2.44. The van der Waals surface area contributed by atoms with Crippen molar-refractivity contribution >= 4 is 43.2 Å².